The van der Waals surface area contributed by atoms with Crippen LogP contribution < -0.4 is 10.5 Å². The molecule has 0 spiro atoms. The summed E-state index contributed by atoms with van der Waals surface area (Å²) in [6, 6.07) is 21.0. The normalized spacial score (nSPS) is 13.8. The number of carbonyl (C=O) groups excluding carboxylic acids is 1. The third kappa shape index (κ3) is 4.07. The third-order valence-electron chi connectivity index (χ3n) is 6.11. The monoisotopic (exact) mass is 488 g/mol. The Morgan fingerprint density at radius 3 is 2.47 bits per heavy atom. The van der Waals surface area contributed by atoms with Crippen LogP contribution >= 0.6 is 22.9 Å². The van der Waals surface area contributed by atoms with Gasteiger partial charge in [-0.1, -0.05) is 48.0 Å². The first kappa shape index (κ1) is 22.2. The van der Waals surface area contributed by atoms with E-state index in [2.05, 4.69) is 6.07 Å². The average molecular weight is 489 g/mol. The smallest absolute Gasteiger partial charge is 0.271 e. The molecule has 8 heteroatoms. The Balaban J connectivity index is 1.55. The maximum absolute atomic E-state index is 13.5. The number of nitrogens with zero attached hydrogens (tertiary/aromatic N) is 4. The summed E-state index contributed by atoms with van der Waals surface area (Å²) < 4.78 is 1.64. The van der Waals surface area contributed by atoms with Crippen LogP contribution in [0, 0.1) is 11.3 Å². The van der Waals surface area contributed by atoms with E-state index in [1.54, 1.807) is 10.6 Å². The van der Waals surface area contributed by atoms with Crippen LogP contribution in [-0.2, 0) is 6.54 Å². The predicted octanol–water partition coefficient (Wildman–Crippen LogP) is 4.60. The van der Waals surface area contributed by atoms with Crippen molar-refractivity contribution in [2.45, 2.75) is 6.54 Å². The summed E-state index contributed by atoms with van der Waals surface area (Å²) in [5, 5.41) is 13.2. The highest BCUT2D eigenvalue weighted by Gasteiger charge is 2.27. The highest BCUT2D eigenvalue weighted by atomic mass is 35.5. The molecule has 1 saturated heterocycles. The van der Waals surface area contributed by atoms with Crippen LogP contribution in [0.2, 0.25) is 5.02 Å². The number of pyridine rings is 1. The molecule has 0 saturated carbocycles. The number of aromatic nitrogens is 1. The van der Waals surface area contributed by atoms with E-state index >= 15 is 0 Å². The van der Waals surface area contributed by atoms with Gasteiger partial charge in [0.1, 0.15) is 11.6 Å². The van der Waals surface area contributed by atoms with Crippen molar-refractivity contribution in [2.75, 3.05) is 31.1 Å². The maximum Gasteiger partial charge on any atom is 0.271 e. The lowest BCUT2D eigenvalue weighted by Gasteiger charge is -2.37. The summed E-state index contributed by atoms with van der Waals surface area (Å²) in [6.45, 7) is 2.43. The molecule has 0 unspecified atom stereocenters. The van der Waals surface area contributed by atoms with Crippen LogP contribution in [0.4, 0.5) is 5.69 Å². The molecule has 1 amide bonds. The molecule has 170 valence electrons. The Morgan fingerprint density at radius 1 is 1.03 bits per heavy atom. The number of amides is 1. The number of anilines is 1. The Labute approximate surface area is 205 Å². The van der Waals surface area contributed by atoms with E-state index in [9.17, 15) is 14.9 Å². The number of hydrogen-bond donors (Lipinski definition) is 0. The molecule has 0 bridgehead atoms. The number of hydrogen-bond acceptors (Lipinski definition) is 5. The summed E-state index contributed by atoms with van der Waals surface area (Å²) in [7, 11) is 0. The molecule has 1 fully saturated rings. The number of thiophene rings is 1. The SMILES string of the molecule is N#Cc1c(N2CCN(C(=O)c3cccs3)CC2)c2cc(Cl)ccc2n(Cc2ccccc2)c1=O. The van der Waals surface area contributed by atoms with Gasteiger partial charge in [0.15, 0.2) is 0 Å². The van der Waals surface area contributed by atoms with Gasteiger partial charge < -0.3 is 14.4 Å². The number of piperazine rings is 1. The van der Waals surface area contributed by atoms with E-state index in [1.807, 2.05) is 69.8 Å². The summed E-state index contributed by atoms with van der Waals surface area (Å²) in [5.41, 5.74) is 2.07. The molecule has 34 heavy (non-hydrogen) atoms. The lowest BCUT2D eigenvalue weighted by Crippen LogP contribution is -2.49. The van der Waals surface area contributed by atoms with Crippen LogP contribution in [0.1, 0.15) is 20.8 Å². The standard InChI is InChI=1S/C26H21ClN4O2S/c27-19-8-9-22-20(15-19)24(21(16-28)25(32)31(22)17-18-5-2-1-3-6-18)29-10-12-30(13-11-29)26(33)23-7-4-14-34-23/h1-9,14-15H,10-13,17H2. The van der Waals surface area contributed by atoms with E-state index in [1.165, 1.54) is 11.3 Å². The number of fused-ring (bicyclic) bond motifs is 1. The summed E-state index contributed by atoms with van der Waals surface area (Å²) in [5.74, 6) is 0.0151. The maximum atomic E-state index is 13.5. The Bertz CT molecular complexity index is 1450. The van der Waals surface area contributed by atoms with Crippen molar-refractivity contribution in [2.24, 2.45) is 0 Å². The van der Waals surface area contributed by atoms with Gasteiger partial charge in [-0.15, -0.1) is 11.3 Å². The third-order valence-corrected chi connectivity index (χ3v) is 7.20. The van der Waals surface area contributed by atoms with Crippen LogP contribution in [0.25, 0.3) is 10.9 Å². The molecule has 0 radical (unpaired) electrons. The second-order valence-corrected chi connectivity index (χ2v) is 9.51. The van der Waals surface area contributed by atoms with Crippen molar-refractivity contribution < 1.29 is 4.79 Å². The van der Waals surface area contributed by atoms with Gasteiger partial charge in [0, 0.05) is 36.6 Å². The minimum Gasteiger partial charge on any atom is -0.366 e. The largest absolute Gasteiger partial charge is 0.366 e. The minimum atomic E-state index is -0.326. The number of carbonyl (C=O) groups is 1. The highest BCUT2D eigenvalue weighted by Crippen LogP contribution is 2.32. The van der Waals surface area contributed by atoms with Crippen molar-refractivity contribution >= 4 is 45.4 Å². The van der Waals surface area contributed by atoms with Crippen LogP contribution in [0.5, 0.6) is 0 Å². The molecular weight excluding hydrogens is 468 g/mol. The minimum absolute atomic E-state index is 0.0151. The number of halogens is 1. The predicted molar refractivity (Wildman–Crippen MR) is 136 cm³/mol. The molecule has 6 nitrogen and oxygen atoms in total. The zero-order valence-electron chi connectivity index (χ0n) is 18.3. The van der Waals surface area contributed by atoms with Crippen molar-refractivity contribution in [3.8, 4) is 6.07 Å². The molecule has 0 N–H and O–H groups in total. The van der Waals surface area contributed by atoms with E-state index < -0.39 is 0 Å². The average Bonchev–Trinajstić information content (AvgIpc) is 3.41. The molecular formula is C26H21ClN4O2S. The molecule has 5 rings (SSSR count). The zero-order chi connectivity index (χ0) is 23.7. The second kappa shape index (κ2) is 9.34. The van der Waals surface area contributed by atoms with Gasteiger partial charge in [-0.05, 0) is 35.2 Å². The topological polar surface area (TPSA) is 69.3 Å². The fraction of sp³-hybridized carbons (Fsp3) is 0.192. The lowest BCUT2D eigenvalue weighted by atomic mass is 10.1. The van der Waals surface area contributed by atoms with Crippen molar-refractivity contribution in [3.05, 3.63) is 97.4 Å². The molecule has 2 aromatic heterocycles. The molecule has 2 aromatic carbocycles. The van der Waals surface area contributed by atoms with E-state index in [0.29, 0.717) is 48.3 Å². The molecule has 4 aromatic rings. The van der Waals surface area contributed by atoms with Gasteiger partial charge in [-0.25, -0.2) is 0 Å². The Hall–Kier alpha value is -3.60. The first-order chi connectivity index (χ1) is 16.6. The molecule has 1 aliphatic rings. The summed E-state index contributed by atoms with van der Waals surface area (Å²) >= 11 is 7.79. The first-order valence-electron chi connectivity index (χ1n) is 10.9. The van der Waals surface area contributed by atoms with Gasteiger partial charge in [-0.2, -0.15) is 5.26 Å². The Morgan fingerprint density at radius 2 is 1.79 bits per heavy atom. The van der Waals surface area contributed by atoms with Crippen molar-refractivity contribution in [1.82, 2.24) is 9.47 Å². The van der Waals surface area contributed by atoms with Gasteiger partial charge in [0.05, 0.1) is 22.6 Å². The van der Waals surface area contributed by atoms with Crippen molar-refractivity contribution in [1.29, 1.82) is 5.26 Å². The van der Waals surface area contributed by atoms with E-state index in [4.69, 9.17) is 11.6 Å². The summed E-state index contributed by atoms with van der Waals surface area (Å²) in [4.78, 5) is 30.8. The van der Waals surface area contributed by atoms with Crippen LogP contribution in [0.3, 0.4) is 0 Å². The van der Waals surface area contributed by atoms with Gasteiger partial charge in [-0.3, -0.25) is 9.59 Å². The number of rotatable bonds is 4. The van der Waals surface area contributed by atoms with Crippen molar-refractivity contribution in [3.63, 3.8) is 0 Å². The second-order valence-electron chi connectivity index (χ2n) is 8.13. The lowest BCUT2D eigenvalue weighted by molar-refractivity contribution is 0.0751. The van der Waals surface area contributed by atoms with E-state index in [-0.39, 0.29) is 17.0 Å². The fourth-order valence-electron chi connectivity index (χ4n) is 4.46. The van der Waals surface area contributed by atoms with E-state index in [0.717, 1.165) is 16.5 Å². The molecule has 1 aliphatic heterocycles. The van der Waals surface area contributed by atoms with Gasteiger partial charge in [0.2, 0.25) is 0 Å². The zero-order valence-corrected chi connectivity index (χ0v) is 19.9. The molecule has 3 heterocycles. The number of nitriles is 1. The quantitative estimate of drug-likeness (QED) is 0.421. The fourth-order valence-corrected chi connectivity index (χ4v) is 5.32. The summed E-state index contributed by atoms with van der Waals surface area (Å²) in [6.07, 6.45) is 0. The van der Waals surface area contributed by atoms with Gasteiger partial charge in [0.25, 0.3) is 11.5 Å². The van der Waals surface area contributed by atoms with Crippen LogP contribution in [0.15, 0.2) is 70.8 Å². The van der Waals surface area contributed by atoms with Gasteiger partial charge >= 0.3 is 0 Å². The molecule has 0 atom stereocenters. The Kier molecular flexibility index (Phi) is 6.10. The first-order valence-corrected chi connectivity index (χ1v) is 12.2. The van der Waals surface area contributed by atoms with Crippen LogP contribution in [-0.4, -0.2) is 41.6 Å². The highest BCUT2D eigenvalue weighted by molar-refractivity contribution is 7.12. The molecule has 0 aliphatic carbocycles. The number of benzene rings is 2.